The normalized spacial score (nSPS) is 16.5. The third-order valence-electron chi connectivity index (χ3n) is 11.5. The molecule has 342 valence electrons. The van der Waals surface area contributed by atoms with Gasteiger partial charge in [0.15, 0.2) is 0 Å². The first-order valence-corrected chi connectivity index (χ1v) is 22.6. The van der Waals surface area contributed by atoms with Gasteiger partial charge in [0, 0.05) is 24.2 Å². The molecule has 2 N–H and O–H groups in total. The van der Waals surface area contributed by atoms with Crippen LogP contribution in [0.25, 0.3) is 0 Å². The fourth-order valence-electron chi connectivity index (χ4n) is 7.53. The molecule has 4 aromatic rings. The van der Waals surface area contributed by atoms with E-state index < -0.39 is 11.2 Å². The third kappa shape index (κ3) is 13.3. The minimum atomic E-state index is -0.980. The van der Waals surface area contributed by atoms with Crippen LogP contribution in [0.4, 0.5) is 10.6 Å². The van der Waals surface area contributed by atoms with E-state index in [0.29, 0.717) is 83.2 Å². The van der Waals surface area contributed by atoms with Gasteiger partial charge in [-0.05, 0) is 95.7 Å². The van der Waals surface area contributed by atoms with Crippen LogP contribution in [0.1, 0.15) is 84.3 Å². The summed E-state index contributed by atoms with van der Waals surface area (Å²) in [6, 6.07) is 24.4. The number of carboxylic acids is 1. The number of aromatic nitrogens is 1. The zero-order valence-corrected chi connectivity index (χ0v) is 38.5. The van der Waals surface area contributed by atoms with Crippen LogP contribution in [0.5, 0.6) is 11.6 Å². The van der Waals surface area contributed by atoms with Gasteiger partial charge in [0.2, 0.25) is 11.8 Å². The van der Waals surface area contributed by atoms with Gasteiger partial charge < -0.3 is 38.5 Å². The number of hydrogen-bond acceptors (Lipinski definition) is 13. The van der Waals surface area contributed by atoms with Crippen LogP contribution in [0, 0.1) is 6.92 Å². The van der Waals surface area contributed by atoms with Crippen LogP contribution in [0.2, 0.25) is 0 Å². The van der Waals surface area contributed by atoms with Crippen molar-refractivity contribution < 1.29 is 48.0 Å². The number of benzene rings is 3. The number of nitrogens with one attached hydrogen (secondary N) is 1. The molecule has 1 fully saturated rings. The van der Waals surface area contributed by atoms with E-state index in [1.165, 1.54) is 11.1 Å². The van der Waals surface area contributed by atoms with Crippen LogP contribution in [0.15, 0.2) is 84.0 Å². The topological polar surface area (TPSA) is 167 Å². The maximum Gasteiger partial charge on any atom is 0.335 e. The monoisotopic (exact) mass is 896 g/mol. The highest BCUT2D eigenvalue weighted by Gasteiger charge is 2.38. The van der Waals surface area contributed by atoms with Crippen molar-refractivity contribution in [2.75, 3.05) is 78.0 Å². The molecule has 64 heavy (non-hydrogen) atoms. The van der Waals surface area contributed by atoms with E-state index in [0.717, 1.165) is 52.7 Å². The molecule has 0 bridgehead atoms. The Morgan fingerprint density at radius 3 is 2.03 bits per heavy atom. The molecule has 0 radical (unpaired) electrons. The molecule has 1 aliphatic heterocycles. The number of thioether (sulfide) groups is 1. The number of carbonyl (C=O) groups excluding carboxylic acids is 2. The molecule has 1 unspecified atom stereocenters. The molecule has 2 amide bonds. The summed E-state index contributed by atoms with van der Waals surface area (Å²) < 4.78 is 28.8. The highest BCUT2D eigenvalue weighted by Crippen LogP contribution is 2.46. The Morgan fingerprint density at radius 2 is 1.41 bits per heavy atom. The van der Waals surface area contributed by atoms with Gasteiger partial charge in [-0.1, -0.05) is 81.0 Å². The van der Waals surface area contributed by atoms with E-state index in [-0.39, 0.29) is 34.1 Å². The highest BCUT2D eigenvalue weighted by molar-refractivity contribution is 8.15. The Morgan fingerprint density at radius 1 is 0.797 bits per heavy atom. The lowest BCUT2D eigenvalue weighted by atomic mass is 9.62. The summed E-state index contributed by atoms with van der Waals surface area (Å²) in [5.41, 5.74) is 7.37. The maximum absolute atomic E-state index is 11.8. The van der Waals surface area contributed by atoms with Gasteiger partial charge in [-0.15, -0.1) is 0 Å². The molecule has 3 aromatic carbocycles. The van der Waals surface area contributed by atoms with Gasteiger partial charge in [-0.2, -0.15) is 4.98 Å². The van der Waals surface area contributed by atoms with Gasteiger partial charge >= 0.3 is 5.97 Å². The second kappa shape index (κ2) is 22.4. The number of imide groups is 1. The summed E-state index contributed by atoms with van der Waals surface area (Å²) in [6.07, 6.45) is 2.68. The van der Waals surface area contributed by atoms with Crippen LogP contribution < -0.4 is 19.7 Å². The fraction of sp³-hybridized carbons (Fsp3) is 0.449. The Hall–Kier alpha value is -5.48. The van der Waals surface area contributed by atoms with E-state index in [4.69, 9.17) is 28.5 Å². The molecule has 0 spiro atoms. The molecule has 1 aromatic heterocycles. The minimum Gasteiger partial charge on any atom is -0.492 e. The number of aryl methyl sites for hydroxylation is 1. The zero-order chi connectivity index (χ0) is 45.7. The lowest BCUT2D eigenvalue weighted by molar-refractivity contribution is -0.118. The van der Waals surface area contributed by atoms with Crippen molar-refractivity contribution in [1.29, 1.82) is 0 Å². The number of amides is 2. The molecule has 1 atom stereocenters. The van der Waals surface area contributed by atoms with Gasteiger partial charge in [0.1, 0.15) is 37.1 Å². The molecule has 15 heteroatoms. The van der Waals surface area contributed by atoms with Gasteiger partial charge in [0.25, 0.3) is 5.24 Å². The number of nitrogens with zero attached hydrogens (tertiary/aromatic N) is 3. The summed E-state index contributed by atoms with van der Waals surface area (Å²) in [5.74, 6) is 0.734. The fourth-order valence-corrected chi connectivity index (χ4v) is 8.39. The lowest BCUT2D eigenvalue weighted by Crippen LogP contribution is -2.34. The van der Waals surface area contributed by atoms with Crippen molar-refractivity contribution in [1.82, 2.24) is 10.3 Å². The first-order chi connectivity index (χ1) is 30.7. The molecule has 2 aliphatic rings. The number of rotatable bonds is 24. The molecular formula is C49H60N4O10S. The number of hydrogen-bond donors (Lipinski definition) is 2. The van der Waals surface area contributed by atoms with Gasteiger partial charge in [-0.25, -0.2) is 4.79 Å². The smallest absolute Gasteiger partial charge is 0.335 e. The standard InChI is InChI=1S/C49H60N4O10S/c1-33-30-39-40(49(4,5)19-18-48(39,2)3)32-38(33)44(35-12-14-36(15-13-35)46(55)56)52-63-29-27-60-25-23-58-22-24-59-26-28-62-43-9-7-8-42(50-43)53(6)20-21-61-37-16-10-34(11-17-37)31-41-45(54)51-47(57)64-41/h7-17,30,32,41H,18-29,31H2,1-6H3,(H,55,56)(H,51,54,57)/b52-44-. The second-order valence-electron chi connectivity index (χ2n) is 17.2. The number of pyridine rings is 1. The van der Waals surface area contributed by atoms with Crippen molar-refractivity contribution in [3.05, 3.63) is 118 Å². The highest BCUT2D eigenvalue weighted by atomic mass is 32.2. The van der Waals surface area contributed by atoms with Crippen LogP contribution >= 0.6 is 11.8 Å². The van der Waals surface area contributed by atoms with Crippen molar-refractivity contribution in [3.63, 3.8) is 0 Å². The van der Waals surface area contributed by atoms with Crippen LogP contribution in [0.3, 0.4) is 0 Å². The molecule has 0 saturated carbocycles. The summed E-state index contributed by atoms with van der Waals surface area (Å²) in [4.78, 5) is 47.2. The lowest BCUT2D eigenvalue weighted by Gasteiger charge is -2.42. The SMILES string of the molecule is Cc1cc2c(cc1/C(=N\OCCOCCOCCOCCOc1cccc(N(C)CCOc3ccc(CC4SC(=O)NC4=O)cc3)n1)c1ccc(C(=O)O)cc1)C(C)(C)CCC2(C)C. The molecule has 6 rings (SSSR count). The van der Waals surface area contributed by atoms with E-state index in [1.807, 2.05) is 48.3 Å². The Labute approximate surface area is 380 Å². The number of ether oxygens (including phenoxy) is 5. The van der Waals surface area contributed by atoms with Crippen molar-refractivity contribution in [3.8, 4) is 11.6 Å². The number of carbonyl (C=O) groups is 3. The summed E-state index contributed by atoms with van der Waals surface area (Å²) in [6.45, 7) is 15.2. The molecular weight excluding hydrogens is 837 g/mol. The number of oxime groups is 1. The quantitative estimate of drug-likeness (QED) is 0.0399. The number of anilines is 1. The average Bonchev–Trinajstić information content (AvgIpc) is 3.59. The minimum absolute atomic E-state index is 0.00743. The van der Waals surface area contributed by atoms with E-state index in [1.54, 1.807) is 30.3 Å². The van der Waals surface area contributed by atoms with Crippen LogP contribution in [-0.4, -0.2) is 111 Å². The number of fused-ring (bicyclic) bond motifs is 1. The molecule has 14 nitrogen and oxygen atoms in total. The first kappa shape index (κ1) is 48.0. The van der Waals surface area contributed by atoms with E-state index >= 15 is 0 Å². The first-order valence-electron chi connectivity index (χ1n) is 21.7. The molecule has 1 saturated heterocycles. The van der Waals surface area contributed by atoms with Crippen LogP contribution in [-0.2, 0) is 41.1 Å². The van der Waals surface area contributed by atoms with Crippen molar-refractivity contribution >= 4 is 40.4 Å². The second-order valence-corrected chi connectivity index (χ2v) is 18.3. The average molecular weight is 897 g/mol. The number of likely N-dealkylation sites (N-methyl/N-ethyl adjacent to an activating group) is 1. The third-order valence-corrected chi connectivity index (χ3v) is 12.4. The van der Waals surface area contributed by atoms with Crippen molar-refractivity contribution in [2.45, 2.75) is 70.0 Å². The number of aromatic carboxylic acids is 1. The number of carboxylic acid groups (broad SMARTS) is 1. The van der Waals surface area contributed by atoms with Gasteiger partial charge in [0.05, 0.1) is 57.0 Å². The Balaban J connectivity index is 0.845. The van der Waals surface area contributed by atoms with Crippen molar-refractivity contribution in [2.24, 2.45) is 5.16 Å². The molecule has 1 aliphatic carbocycles. The molecule has 2 heterocycles. The summed E-state index contributed by atoms with van der Waals surface area (Å²) in [5, 5.41) is 15.7. The maximum atomic E-state index is 11.8. The Bertz CT molecular complexity index is 2250. The van der Waals surface area contributed by atoms with E-state index in [2.05, 4.69) is 62.2 Å². The van der Waals surface area contributed by atoms with Gasteiger partial charge in [-0.3, -0.25) is 14.9 Å². The predicted octanol–water partition coefficient (Wildman–Crippen LogP) is 7.74. The van der Waals surface area contributed by atoms with E-state index in [9.17, 15) is 19.5 Å². The predicted molar refractivity (Wildman–Crippen MR) is 247 cm³/mol. The Kier molecular flexibility index (Phi) is 16.8. The summed E-state index contributed by atoms with van der Waals surface area (Å²) >= 11 is 1.02. The zero-order valence-electron chi connectivity index (χ0n) is 37.6. The largest absolute Gasteiger partial charge is 0.492 e. The summed E-state index contributed by atoms with van der Waals surface area (Å²) in [7, 11) is 1.93.